The summed E-state index contributed by atoms with van der Waals surface area (Å²) in [5.41, 5.74) is 3.94. The van der Waals surface area contributed by atoms with Crippen molar-refractivity contribution in [2.75, 3.05) is 5.32 Å². The lowest BCUT2D eigenvalue weighted by atomic mass is 9.95. The fraction of sp³-hybridized carbons (Fsp3) is 0.308. The van der Waals surface area contributed by atoms with Crippen molar-refractivity contribution < 1.29 is 10.2 Å². The Kier molecular flexibility index (Phi) is 4.81. The second-order valence-corrected chi connectivity index (χ2v) is 9.63. The summed E-state index contributed by atoms with van der Waals surface area (Å²) in [5.74, 6) is 1.83. The fourth-order valence-electron chi connectivity index (χ4n) is 3.81. The predicted molar refractivity (Wildman–Crippen MR) is 127 cm³/mol. The molecule has 6 nitrogen and oxygen atoms in total. The van der Waals surface area contributed by atoms with Crippen molar-refractivity contribution in [3.05, 3.63) is 66.0 Å². The zero-order valence-electron chi connectivity index (χ0n) is 18.6. The molecule has 0 spiro atoms. The van der Waals surface area contributed by atoms with Gasteiger partial charge in [0.1, 0.15) is 11.6 Å². The maximum atomic E-state index is 9.97. The summed E-state index contributed by atoms with van der Waals surface area (Å²) in [6, 6.07) is 17.9. The maximum absolute atomic E-state index is 9.97. The molecule has 1 aliphatic carbocycles. The van der Waals surface area contributed by atoms with Crippen molar-refractivity contribution in [1.29, 1.82) is 0 Å². The highest BCUT2D eigenvalue weighted by atomic mass is 16.3. The summed E-state index contributed by atoms with van der Waals surface area (Å²) in [7, 11) is 0. The van der Waals surface area contributed by atoms with Crippen LogP contribution in [0.4, 0.5) is 5.82 Å². The Morgan fingerprint density at radius 3 is 2.34 bits per heavy atom. The number of hydrogen-bond acceptors (Lipinski definition) is 5. The molecule has 1 aliphatic rings. The van der Waals surface area contributed by atoms with Gasteiger partial charge in [0.05, 0.1) is 12.1 Å². The van der Waals surface area contributed by atoms with E-state index in [-0.39, 0.29) is 17.2 Å². The molecule has 2 aromatic carbocycles. The number of nitrogens with one attached hydrogen (secondary N) is 1. The van der Waals surface area contributed by atoms with E-state index in [0.29, 0.717) is 12.6 Å². The molecule has 2 heterocycles. The highest BCUT2D eigenvalue weighted by Crippen LogP contribution is 2.33. The van der Waals surface area contributed by atoms with Crippen molar-refractivity contribution in [2.24, 2.45) is 0 Å². The zero-order valence-corrected chi connectivity index (χ0v) is 18.6. The molecule has 5 rings (SSSR count). The molecule has 0 saturated heterocycles. The quantitative estimate of drug-likeness (QED) is 0.395. The van der Waals surface area contributed by atoms with Crippen LogP contribution >= 0.6 is 0 Å². The van der Waals surface area contributed by atoms with E-state index in [1.165, 1.54) is 29.5 Å². The highest BCUT2D eigenvalue weighted by molar-refractivity contribution is 5.93. The van der Waals surface area contributed by atoms with E-state index in [0.717, 1.165) is 39.2 Å². The van der Waals surface area contributed by atoms with E-state index < -0.39 is 0 Å². The van der Waals surface area contributed by atoms with Crippen molar-refractivity contribution in [1.82, 2.24) is 14.5 Å². The van der Waals surface area contributed by atoms with E-state index in [1.807, 2.05) is 12.1 Å². The lowest BCUT2D eigenvalue weighted by molar-refractivity contribution is 0.377. The molecule has 3 N–H and O–H groups in total. The summed E-state index contributed by atoms with van der Waals surface area (Å²) in [4.78, 5) is 9.74. The van der Waals surface area contributed by atoms with Crippen LogP contribution in [0.2, 0.25) is 0 Å². The summed E-state index contributed by atoms with van der Waals surface area (Å²) in [5, 5.41) is 24.5. The normalized spacial score (nSPS) is 14.1. The minimum Gasteiger partial charge on any atom is -0.494 e. The van der Waals surface area contributed by atoms with Crippen LogP contribution in [0.25, 0.3) is 22.0 Å². The average molecular weight is 429 g/mol. The van der Waals surface area contributed by atoms with Gasteiger partial charge < -0.3 is 15.5 Å². The van der Waals surface area contributed by atoms with Gasteiger partial charge in [-0.3, -0.25) is 4.57 Å². The van der Waals surface area contributed by atoms with Crippen molar-refractivity contribution in [2.45, 2.75) is 51.6 Å². The first-order valence-electron chi connectivity index (χ1n) is 11.0. The average Bonchev–Trinajstić information content (AvgIpc) is 3.53. The molecular weight excluding hydrogens is 400 g/mol. The Hall–Kier alpha value is -3.54. The van der Waals surface area contributed by atoms with Crippen molar-refractivity contribution in [3.8, 4) is 22.9 Å². The van der Waals surface area contributed by atoms with Crippen LogP contribution in [0, 0.1) is 0 Å². The largest absolute Gasteiger partial charge is 0.494 e. The number of benzene rings is 2. The second-order valence-electron chi connectivity index (χ2n) is 9.63. The molecule has 164 valence electrons. The number of aromatic hydroxyl groups is 2. The third-order valence-corrected chi connectivity index (χ3v) is 5.82. The summed E-state index contributed by atoms with van der Waals surface area (Å²) < 4.78 is 1.47. The molecule has 4 aromatic rings. The van der Waals surface area contributed by atoms with Gasteiger partial charge >= 0.3 is 0 Å². The van der Waals surface area contributed by atoms with Crippen LogP contribution in [0.5, 0.6) is 11.8 Å². The van der Waals surface area contributed by atoms with Gasteiger partial charge in [0.25, 0.3) is 0 Å². The van der Waals surface area contributed by atoms with Gasteiger partial charge in [0, 0.05) is 29.0 Å². The molecule has 0 bridgehead atoms. The summed E-state index contributed by atoms with van der Waals surface area (Å²) in [6.45, 7) is 6.79. The molecule has 0 aliphatic heterocycles. The number of rotatable bonds is 5. The third-order valence-electron chi connectivity index (χ3n) is 5.82. The molecule has 0 atom stereocenters. The molecule has 6 heteroatoms. The van der Waals surface area contributed by atoms with Crippen LogP contribution in [0.3, 0.4) is 0 Å². The Labute approximate surface area is 187 Å². The zero-order chi connectivity index (χ0) is 22.5. The number of aromatic nitrogens is 3. The minimum absolute atomic E-state index is 0.0428. The second kappa shape index (κ2) is 7.55. The standard InChI is InChI=1S/C26H28N4O2/c1-26(2,3)25-28-21-10-7-18(14-20(21)24(29-25)27-19-8-9-19)17-6-4-5-16(13-17)15-30-22(31)11-12-23(30)32/h4-7,10-14,19,31-32H,8-9,15H2,1-3H3,(H,27,28,29). The molecule has 0 amide bonds. The van der Waals surface area contributed by atoms with Gasteiger partial charge in [-0.2, -0.15) is 0 Å². The first kappa shape index (κ1) is 20.4. The predicted octanol–water partition coefficient (Wildman–Crippen LogP) is 5.43. The Bertz CT molecular complexity index is 1280. The van der Waals surface area contributed by atoms with Crippen molar-refractivity contribution in [3.63, 3.8) is 0 Å². The van der Waals surface area contributed by atoms with Gasteiger partial charge in [-0.05, 0) is 47.7 Å². The third kappa shape index (κ3) is 4.00. The smallest absolute Gasteiger partial charge is 0.194 e. The van der Waals surface area contributed by atoms with Crippen LogP contribution < -0.4 is 5.32 Å². The topological polar surface area (TPSA) is 83.2 Å². The van der Waals surface area contributed by atoms with E-state index in [2.05, 4.69) is 56.4 Å². The van der Waals surface area contributed by atoms with E-state index in [4.69, 9.17) is 9.97 Å². The molecule has 1 fully saturated rings. The van der Waals surface area contributed by atoms with Crippen LogP contribution in [-0.2, 0) is 12.0 Å². The monoisotopic (exact) mass is 428 g/mol. The maximum Gasteiger partial charge on any atom is 0.194 e. The first-order chi connectivity index (χ1) is 15.3. The van der Waals surface area contributed by atoms with Gasteiger partial charge in [0.15, 0.2) is 11.8 Å². The fourth-order valence-corrected chi connectivity index (χ4v) is 3.81. The molecular formula is C26H28N4O2. The number of hydrogen-bond donors (Lipinski definition) is 3. The minimum atomic E-state index is -0.128. The molecule has 0 unspecified atom stereocenters. The molecule has 32 heavy (non-hydrogen) atoms. The molecule has 1 saturated carbocycles. The Morgan fingerprint density at radius 2 is 1.66 bits per heavy atom. The lowest BCUT2D eigenvalue weighted by Crippen LogP contribution is -2.18. The van der Waals surface area contributed by atoms with Crippen molar-refractivity contribution >= 4 is 16.7 Å². The lowest BCUT2D eigenvalue weighted by Gasteiger charge is -2.19. The summed E-state index contributed by atoms with van der Waals surface area (Å²) >= 11 is 0. The molecule has 0 radical (unpaired) electrons. The van der Waals surface area contributed by atoms with Gasteiger partial charge in [-0.15, -0.1) is 0 Å². The number of fused-ring (bicyclic) bond motifs is 1. The van der Waals surface area contributed by atoms with Gasteiger partial charge in [-0.1, -0.05) is 45.0 Å². The van der Waals surface area contributed by atoms with Crippen LogP contribution in [0.15, 0.2) is 54.6 Å². The van der Waals surface area contributed by atoms with E-state index in [1.54, 1.807) is 0 Å². The SMILES string of the molecule is CC(C)(C)c1nc(NC2CC2)c2cc(-c3cccc(Cn4c(O)ccc4O)c3)ccc2n1. The summed E-state index contributed by atoms with van der Waals surface area (Å²) in [6.07, 6.45) is 2.36. The first-order valence-corrected chi connectivity index (χ1v) is 11.0. The number of nitrogens with zero attached hydrogens (tertiary/aromatic N) is 3. The van der Waals surface area contributed by atoms with Crippen LogP contribution in [0.1, 0.15) is 45.0 Å². The number of anilines is 1. The molecule has 2 aromatic heterocycles. The Morgan fingerprint density at radius 1 is 0.938 bits per heavy atom. The van der Waals surface area contributed by atoms with Gasteiger partial charge in [-0.25, -0.2) is 9.97 Å². The van der Waals surface area contributed by atoms with Gasteiger partial charge in [0.2, 0.25) is 0 Å². The van der Waals surface area contributed by atoms with E-state index >= 15 is 0 Å². The highest BCUT2D eigenvalue weighted by Gasteiger charge is 2.25. The van der Waals surface area contributed by atoms with E-state index in [9.17, 15) is 10.2 Å². The Balaban J connectivity index is 1.54. The van der Waals surface area contributed by atoms with Crippen LogP contribution in [-0.4, -0.2) is 30.8 Å².